The van der Waals surface area contributed by atoms with Crippen molar-refractivity contribution in [1.82, 2.24) is 0 Å². The van der Waals surface area contributed by atoms with E-state index < -0.39 is 0 Å². The van der Waals surface area contributed by atoms with Crippen LogP contribution in [0.1, 0.15) is 5.56 Å². The average molecular weight is 359 g/mol. The van der Waals surface area contributed by atoms with Gasteiger partial charge in [-0.05, 0) is 58.5 Å². The van der Waals surface area contributed by atoms with Crippen molar-refractivity contribution in [3.8, 4) is 11.5 Å². The predicted octanol–water partition coefficient (Wildman–Crippen LogP) is 3.45. The number of hydrogen-bond acceptors (Lipinski definition) is 3. The van der Waals surface area contributed by atoms with Crippen LogP contribution in [0.15, 0.2) is 36.4 Å². The summed E-state index contributed by atoms with van der Waals surface area (Å²) >= 11 is 2.05. The first kappa shape index (κ1) is 12.9. The fourth-order valence-corrected chi connectivity index (χ4v) is 2.18. The molecule has 2 rings (SSSR count). The zero-order chi connectivity index (χ0) is 13.1. The summed E-state index contributed by atoms with van der Waals surface area (Å²) in [7, 11) is 0. The minimum absolute atomic E-state index is 0.143. The first-order chi connectivity index (χ1) is 8.56. The van der Waals surface area contributed by atoms with Crippen molar-refractivity contribution in [1.29, 1.82) is 0 Å². The Morgan fingerprint density at radius 1 is 1.06 bits per heavy atom. The van der Waals surface area contributed by atoms with Gasteiger partial charge in [0.2, 0.25) is 0 Å². The third-order valence-corrected chi connectivity index (χ3v) is 3.35. The average Bonchev–Trinajstić information content (AvgIpc) is 2.32. The Morgan fingerprint density at radius 3 is 2.50 bits per heavy atom. The van der Waals surface area contributed by atoms with E-state index in [9.17, 15) is 14.6 Å². The second kappa shape index (κ2) is 5.43. The zero-order valence-corrected chi connectivity index (χ0v) is 11.5. The maximum atomic E-state index is 12.9. The van der Waals surface area contributed by atoms with Gasteiger partial charge in [0.1, 0.15) is 5.82 Å². The fourth-order valence-electron chi connectivity index (χ4n) is 1.51. The van der Waals surface area contributed by atoms with Gasteiger partial charge in [-0.2, -0.15) is 0 Å². The maximum Gasteiger partial charge on any atom is 0.157 e. The molecule has 0 bridgehead atoms. The largest absolute Gasteiger partial charge is 0.504 e. The monoisotopic (exact) mass is 359 g/mol. The third-order valence-electron chi connectivity index (χ3n) is 2.45. The number of anilines is 1. The van der Waals surface area contributed by atoms with E-state index in [4.69, 9.17) is 0 Å². The highest BCUT2D eigenvalue weighted by Crippen LogP contribution is 2.26. The standard InChI is InChI=1S/C13H11FINO2/c14-9-2-3-11(10(15)6-9)16-7-8-1-4-12(17)13(18)5-8/h1-6,16-18H,7H2. The highest BCUT2D eigenvalue weighted by molar-refractivity contribution is 14.1. The molecule has 0 unspecified atom stereocenters. The normalized spacial score (nSPS) is 10.3. The van der Waals surface area contributed by atoms with Crippen molar-refractivity contribution in [2.24, 2.45) is 0 Å². The molecule has 3 N–H and O–H groups in total. The highest BCUT2D eigenvalue weighted by atomic mass is 127. The molecule has 0 heterocycles. The predicted molar refractivity (Wildman–Crippen MR) is 76.2 cm³/mol. The van der Waals surface area contributed by atoms with Gasteiger partial charge in [0.05, 0.1) is 0 Å². The van der Waals surface area contributed by atoms with Gasteiger partial charge in [0, 0.05) is 15.8 Å². The van der Waals surface area contributed by atoms with Crippen LogP contribution in [0.5, 0.6) is 11.5 Å². The lowest BCUT2D eigenvalue weighted by Gasteiger charge is -2.09. The van der Waals surface area contributed by atoms with Gasteiger partial charge >= 0.3 is 0 Å². The third kappa shape index (κ3) is 3.04. The molecule has 0 saturated carbocycles. The second-order valence-corrected chi connectivity index (χ2v) is 4.96. The van der Waals surface area contributed by atoms with Crippen LogP contribution in [0.25, 0.3) is 0 Å². The quantitative estimate of drug-likeness (QED) is 0.581. The van der Waals surface area contributed by atoms with Gasteiger partial charge in [-0.25, -0.2) is 4.39 Å². The van der Waals surface area contributed by atoms with Crippen molar-refractivity contribution in [2.75, 3.05) is 5.32 Å². The molecule has 0 atom stereocenters. The Hall–Kier alpha value is -1.50. The van der Waals surface area contributed by atoms with E-state index in [2.05, 4.69) is 5.32 Å². The van der Waals surface area contributed by atoms with Crippen LogP contribution < -0.4 is 5.32 Å². The van der Waals surface area contributed by atoms with Gasteiger partial charge in [0.15, 0.2) is 11.5 Å². The molecule has 0 spiro atoms. The number of nitrogens with one attached hydrogen (secondary N) is 1. The first-order valence-corrected chi connectivity index (χ1v) is 6.34. The number of aromatic hydroxyl groups is 2. The molecule has 0 aliphatic rings. The van der Waals surface area contributed by atoms with E-state index >= 15 is 0 Å². The van der Waals surface area contributed by atoms with Crippen LogP contribution in [0, 0.1) is 9.39 Å². The van der Waals surface area contributed by atoms with Crippen molar-refractivity contribution in [3.63, 3.8) is 0 Å². The smallest absolute Gasteiger partial charge is 0.157 e. The van der Waals surface area contributed by atoms with Gasteiger partial charge in [-0.1, -0.05) is 6.07 Å². The summed E-state index contributed by atoms with van der Waals surface area (Å²) in [6.07, 6.45) is 0. The van der Waals surface area contributed by atoms with E-state index in [0.717, 1.165) is 14.8 Å². The molecule has 5 heteroatoms. The maximum absolute atomic E-state index is 12.9. The number of phenolic OH excluding ortho intramolecular Hbond substituents is 2. The molecule has 2 aromatic rings. The molecular weight excluding hydrogens is 348 g/mol. The van der Waals surface area contributed by atoms with E-state index in [1.54, 1.807) is 12.1 Å². The lowest BCUT2D eigenvalue weighted by Crippen LogP contribution is -2.01. The van der Waals surface area contributed by atoms with Crippen LogP contribution in [-0.4, -0.2) is 10.2 Å². The molecule has 0 aromatic heterocycles. The van der Waals surface area contributed by atoms with Crippen LogP contribution in [0.3, 0.4) is 0 Å². The van der Waals surface area contributed by atoms with Crippen molar-refractivity contribution < 1.29 is 14.6 Å². The van der Waals surface area contributed by atoms with Crippen molar-refractivity contribution >= 4 is 28.3 Å². The lowest BCUT2D eigenvalue weighted by molar-refractivity contribution is 0.403. The Balaban J connectivity index is 2.09. The highest BCUT2D eigenvalue weighted by Gasteiger charge is 2.03. The minimum Gasteiger partial charge on any atom is -0.504 e. The molecule has 3 nitrogen and oxygen atoms in total. The molecule has 18 heavy (non-hydrogen) atoms. The van der Waals surface area contributed by atoms with Crippen molar-refractivity contribution in [2.45, 2.75) is 6.54 Å². The Bertz CT molecular complexity index is 575. The molecular formula is C13H11FINO2. The summed E-state index contributed by atoms with van der Waals surface area (Å²) < 4.78 is 13.7. The van der Waals surface area contributed by atoms with Crippen LogP contribution in [0.2, 0.25) is 0 Å². The topological polar surface area (TPSA) is 52.5 Å². The Morgan fingerprint density at radius 2 is 1.83 bits per heavy atom. The summed E-state index contributed by atoms with van der Waals surface area (Å²) in [5.74, 6) is -0.564. The van der Waals surface area contributed by atoms with E-state index in [-0.39, 0.29) is 17.3 Å². The number of rotatable bonds is 3. The lowest BCUT2D eigenvalue weighted by atomic mass is 10.2. The minimum atomic E-state index is -0.271. The summed E-state index contributed by atoms with van der Waals surface area (Å²) in [5.41, 5.74) is 1.65. The second-order valence-electron chi connectivity index (χ2n) is 3.80. The van der Waals surface area contributed by atoms with Crippen LogP contribution >= 0.6 is 22.6 Å². The van der Waals surface area contributed by atoms with Crippen LogP contribution in [-0.2, 0) is 6.54 Å². The number of benzene rings is 2. The summed E-state index contributed by atoms with van der Waals surface area (Å²) in [6.45, 7) is 0.482. The zero-order valence-electron chi connectivity index (χ0n) is 9.32. The molecule has 0 amide bonds. The molecule has 0 fully saturated rings. The van der Waals surface area contributed by atoms with E-state index in [1.807, 2.05) is 22.6 Å². The molecule has 0 aliphatic carbocycles. The number of halogens is 2. The van der Waals surface area contributed by atoms with Gasteiger partial charge in [0.25, 0.3) is 0 Å². The summed E-state index contributed by atoms with van der Waals surface area (Å²) in [6, 6.07) is 9.12. The molecule has 0 aliphatic heterocycles. The molecule has 0 radical (unpaired) electrons. The molecule has 0 saturated heterocycles. The van der Waals surface area contributed by atoms with E-state index in [0.29, 0.717) is 6.54 Å². The number of phenols is 2. The SMILES string of the molecule is Oc1ccc(CNc2ccc(F)cc2I)cc1O. The Kier molecular flexibility index (Phi) is 3.90. The number of hydrogen-bond donors (Lipinski definition) is 3. The molecule has 94 valence electrons. The van der Waals surface area contributed by atoms with Crippen molar-refractivity contribution in [3.05, 3.63) is 51.3 Å². The van der Waals surface area contributed by atoms with Gasteiger partial charge in [-0.15, -0.1) is 0 Å². The molecule has 2 aromatic carbocycles. The van der Waals surface area contributed by atoms with Crippen LogP contribution in [0.4, 0.5) is 10.1 Å². The summed E-state index contributed by atoms with van der Waals surface area (Å²) in [5, 5.41) is 21.7. The van der Waals surface area contributed by atoms with E-state index in [1.165, 1.54) is 24.3 Å². The van der Waals surface area contributed by atoms with Gasteiger partial charge in [-0.3, -0.25) is 0 Å². The first-order valence-electron chi connectivity index (χ1n) is 5.26. The summed E-state index contributed by atoms with van der Waals surface area (Å²) in [4.78, 5) is 0. The Labute approximate surface area is 117 Å². The van der Waals surface area contributed by atoms with Gasteiger partial charge < -0.3 is 15.5 Å². The fraction of sp³-hybridized carbons (Fsp3) is 0.0769.